The number of aryl methyl sites for hydroxylation is 1. The van der Waals surface area contributed by atoms with Crippen LogP contribution in [0.4, 0.5) is 0 Å². The number of thiophene rings is 1. The van der Waals surface area contributed by atoms with Crippen LogP contribution in [-0.4, -0.2) is 10.9 Å². The minimum atomic E-state index is 0.371. The van der Waals surface area contributed by atoms with Crippen molar-refractivity contribution in [2.75, 3.05) is 0 Å². The van der Waals surface area contributed by atoms with Crippen LogP contribution < -0.4 is 0 Å². The molecule has 0 radical (unpaired) electrons. The molecule has 0 spiro atoms. The Morgan fingerprint density at radius 3 is 2.64 bits per heavy atom. The first-order valence-corrected chi connectivity index (χ1v) is 9.80. The van der Waals surface area contributed by atoms with Gasteiger partial charge in [0.2, 0.25) is 0 Å². The van der Waals surface area contributed by atoms with Gasteiger partial charge in [-0.1, -0.05) is 35.9 Å². The number of rotatable bonds is 0. The van der Waals surface area contributed by atoms with Crippen molar-refractivity contribution in [2.45, 2.75) is 31.8 Å². The molecule has 2 heteroatoms. The summed E-state index contributed by atoms with van der Waals surface area (Å²) in [6.07, 6.45) is 11.7. The third kappa shape index (κ3) is 1.78. The minimum absolute atomic E-state index is 0.371. The fourth-order valence-electron chi connectivity index (χ4n) is 4.62. The smallest absolute Gasteiger partial charge is 0.0736 e. The highest BCUT2D eigenvalue weighted by atomic mass is 32.1. The Balaban J connectivity index is 1.67. The quantitative estimate of drug-likeness (QED) is 0.439. The van der Waals surface area contributed by atoms with Gasteiger partial charge in [0.1, 0.15) is 0 Å². The Hall–Kier alpha value is -2.32. The maximum absolute atomic E-state index is 2.53. The standard InChI is InChI=1S/C23H19NS/c1-13-3-4-16-19-11-18-17(12-23(19)25-22(16)10-13)15-5-6-20(15)24-8-7-14(2)9-21(18)24/h3-12,15,20-21H,1-2H3. The highest BCUT2D eigenvalue weighted by molar-refractivity contribution is 7.25. The van der Waals surface area contributed by atoms with Crippen LogP contribution in [0.2, 0.25) is 0 Å². The van der Waals surface area contributed by atoms with E-state index in [9.17, 15) is 0 Å². The first kappa shape index (κ1) is 13.9. The molecule has 1 aromatic heterocycles. The molecule has 1 nitrogen and oxygen atoms in total. The summed E-state index contributed by atoms with van der Waals surface area (Å²) in [4.78, 5) is 2.53. The van der Waals surface area contributed by atoms with E-state index in [1.807, 2.05) is 11.3 Å². The number of benzene rings is 2. The normalized spacial score (nSPS) is 26.2. The fraction of sp³-hybridized carbons (Fsp3) is 0.217. The zero-order chi connectivity index (χ0) is 16.7. The van der Waals surface area contributed by atoms with Crippen LogP contribution >= 0.6 is 11.3 Å². The summed E-state index contributed by atoms with van der Waals surface area (Å²) in [6, 6.07) is 12.7. The molecule has 3 aromatic rings. The van der Waals surface area contributed by atoms with Crippen molar-refractivity contribution in [1.82, 2.24) is 4.90 Å². The first-order chi connectivity index (χ1) is 12.2. The average Bonchev–Trinajstić information content (AvgIpc) is 2.90. The van der Waals surface area contributed by atoms with Gasteiger partial charge in [-0.3, -0.25) is 0 Å². The summed E-state index contributed by atoms with van der Waals surface area (Å²) in [5.41, 5.74) is 5.72. The molecule has 2 aliphatic heterocycles. The molecule has 3 unspecified atom stereocenters. The van der Waals surface area contributed by atoms with E-state index in [0.29, 0.717) is 18.0 Å². The molecule has 3 heterocycles. The van der Waals surface area contributed by atoms with E-state index in [4.69, 9.17) is 0 Å². The molecule has 3 atom stereocenters. The van der Waals surface area contributed by atoms with Crippen LogP contribution in [0.5, 0.6) is 0 Å². The fourth-order valence-corrected chi connectivity index (χ4v) is 5.86. The van der Waals surface area contributed by atoms with Crippen LogP contribution in [0.1, 0.15) is 35.6 Å². The SMILES string of the molecule is CC1=CC2c3cc4c(cc3C3C=CC3N2C=C1)sc1cc(C)ccc14. The Kier molecular flexibility index (Phi) is 2.58. The van der Waals surface area contributed by atoms with Crippen molar-refractivity contribution in [1.29, 1.82) is 0 Å². The molecule has 3 aliphatic rings. The molecular formula is C23H19NS. The van der Waals surface area contributed by atoms with E-state index in [-0.39, 0.29) is 0 Å². The molecule has 0 bridgehead atoms. The third-order valence-corrected chi connectivity index (χ3v) is 7.10. The molecule has 25 heavy (non-hydrogen) atoms. The van der Waals surface area contributed by atoms with Crippen molar-refractivity contribution in [3.8, 4) is 0 Å². The van der Waals surface area contributed by atoms with Gasteiger partial charge in [-0.2, -0.15) is 0 Å². The molecule has 0 saturated carbocycles. The average molecular weight is 341 g/mol. The van der Waals surface area contributed by atoms with E-state index in [1.165, 1.54) is 42.4 Å². The summed E-state index contributed by atoms with van der Waals surface area (Å²) < 4.78 is 2.84. The van der Waals surface area contributed by atoms with Gasteiger partial charge in [0.05, 0.1) is 12.1 Å². The summed E-state index contributed by atoms with van der Waals surface area (Å²) >= 11 is 1.94. The molecule has 0 N–H and O–H groups in total. The second-order valence-corrected chi connectivity index (χ2v) is 8.68. The Labute approximate surface area is 151 Å². The lowest BCUT2D eigenvalue weighted by molar-refractivity contribution is 0.217. The predicted octanol–water partition coefficient (Wildman–Crippen LogP) is 6.22. The summed E-state index contributed by atoms with van der Waals surface area (Å²) in [5.74, 6) is 0.541. The number of hydrogen-bond donors (Lipinski definition) is 0. The summed E-state index contributed by atoms with van der Waals surface area (Å²) in [5, 5.41) is 2.82. The highest BCUT2D eigenvalue weighted by Crippen LogP contribution is 2.50. The van der Waals surface area contributed by atoms with Gasteiger partial charge in [0.25, 0.3) is 0 Å². The van der Waals surface area contributed by atoms with E-state index in [1.54, 1.807) is 0 Å². The number of allylic oxidation sites excluding steroid dienone is 2. The van der Waals surface area contributed by atoms with Crippen molar-refractivity contribution in [3.05, 3.63) is 83.1 Å². The molecular weight excluding hydrogens is 322 g/mol. The van der Waals surface area contributed by atoms with E-state index in [0.717, 1.165) is 0 Å². The van der Waals surface area contributed by atoms with Gasteiger partial charge in [-0.15, -0.1) is 11.3 Å². The van der Waals surface area contributed by atoms with Gasteiger partial charge in [-0.25, -0.2) is 0 Å². The van der Waals surface area contributed by atoms with Gasteiger partial charge in [0.15, 0.2) is 0 Å². The number of nitrogens with zero attached hydrogens (tertiary/aromatic N) is 1. The Morgan fingerprint density at radius 2 is 1.80 bits per heavy atom. The van der Waals surface area contributed by atoms with Crippen molar-refractivity contribution < 1.29 is 0 Å². The number of fused-ring (bicyclic) bond motifs is 9. The topological polar surface area (TPSA) is 3.24 Å². The molecule has 0 saturated heterocycles. The second kappa shape index (κ2) is 4.64. The molecule has 0 fully saturated rings. The van der Waals surface area contributed by atoms with E-state index >= 15 is 0 Å². The summed E-state index contributed by atoms with van der Waals surface area (Å²) in [7, 11) is 0. The van der Waals surface area contributed by atoms with Gasteiger partial charge < -0.3 is 4.90 Å². The zero-order valence-electron chi connectivity index (χ0n) is 14.4. The number of hydrogen-bond acceptors (Lipinski definition) is 2. The summed E-state index contributed by atoms with van der Waals surface area (Å²) in [6.45, 7) is 4.38. The lowest BCUT2D eigenvalue weighted by Gasteiger charge is -2.49. The van der Waals surface area contributed by atoms with Crippen LogP contribution in [0, 0.1) is 6.92 Å². The lowest BCUT2D eigenvalue weighted by Crippen LogP contribution is -2.45. The Bertz CT molecular complexity index is 1140. The van der Waals surface area contributed by atoms with Gasteiger partial charge in [0, 0.05) is 32.3 Å². The maximum atomic E-state index is 2.53. The van der Waals surface area contributed by atoms with E-state index in [2.05, 4.69) is 79.6 Å². The van der Waals surface area contributed by atoms with Crippen LogP contribution in [0.25, 0.3) is 20.2 Å². The van der Waals surface area contributed by atoms with Crippen molar-refractivity contribution in [2.24, 2.45) is 0 Å². The van der Waals surface area contributed by atoms with E-state index < -0.39 is 0 Å². The van der Waals surface area contributed by atoms with Crippen molar-refractivity contribution in [3.63, 3.8) is 0 Å². The molecule has 1 aliphatic carbocycles. The van der Waals surface area contributed by atoms with Crippen molar-refractivity contribution >= 4 is 31.5 Å². The molecule has 6 rings (SSSR count). The maximum Gasteiger partial charge on any atom is 0.0736 e. The zero-order valence-corrected chi connectivity index (χ0v) is 15.2. The second-order valence-electron chi connectivity index (χ2n) is 7.60. The third-order valence-electron chi connectivity index (χ3n) is 5.99. The molecule has 122 valence electrons. The minimum Gasteiger partial charge on any atom is -0.360 e. The Morgan fingerprint density at radius 1 is 0.920 bits per heavy atom. The highest BCUT2D eigenvalue weighted by Gasteiger charge is 2.41. The van der Waals surface area contributed by atoms with Crippen LogP contribution in [-0.2, 0) is 0 Å². The molecule has 2 aromatic carbocycles. The monoisotopic (exact) mass is 341 g/mol. The van der Waals surface area contributed by atoms with Gasteiger partial charge >= 0.3 is 0 Å². The largest absolute Gasteiger partial charge is 0.360 e. The molecule has 0 amide bonds. The van der Waals surface area contributed by atoms with Crippen LogP contribution in [0.3, 0.4) is 0 Å². The van der Waals surface area contributed by atoms with Crippen LogP contribution in [0.15, 0.2) is 66.4 Å². The predicted molar refractivity (Wildman–Crippen MR) is 107 cm³/mol. The lowest BCUT2D eigenvalue weighted by atomic mass is 9.73. The first-order valence-electron chi connectivity index (χ1n) is 8.98. The van der Waals surface area contributed by atoms with Gasteiger partial charge in [-0.05, 0) is 54.8 Å².